The Hall–Kier alpha value is -2.79. The number of benzene rings is 2. The molecule has 168 valence electrons. The second-order valence-corrected chi connectivity index (χ2v) is 8.92. The molecular formula is C26H29ClN2O3. The number of fused-ring (bicyclic) bond motifs is 1. The Bertz CT molecular complexity index is 989. The first-order chi connectivity index (χ1) is 15.5. The van der Waals surface area contributed by atoms with Crippen LogP contribution in [0.2, 0.25) is 5.02 Å². The second kappa shape index (κ2) is 10.2. The van der Waals surface area contributed by atoms with Gasteiger partial charge in [0.25, 0.3) is 0 Å². The zero-order valence-corrected chi connectivity index (χ0v) is 19.1. The fourth-order valence-electron chi connectivity index (χ4n) is 4.80. The minimum atomic E-state index is 0.0256. The topological polar surface area (TPSA) is 49.9 Å². The Morgan fingerprint density at radius 2 is 1.88 bits per heavy atom. The molecule has 2 aliphatic heterocycles. The van der Waals surface area contributed by atoms with Crippen molar-refractivity contribution in [2.75, 3.05) is 26.7 Å². The van der Waals surface area contributed by atoms with Gasteiger partial charge in [0.15, 0.2) is 0 Å². The fourth-order valence-corrected chi connectivity index (χ4v) is 5.00. The molecule has 2 aliphatic rings. The lowest BCUT2D eigenvalue weighted by atomic mass is 9.83. The number of hydrogen-bond donors (Lipinski definition) is 0. The van der Waals surface area contributed by atoms with Gasteiger partial charge in [-0.2, -0.15) is 0 Å². The van der Waals surface area contributed by atoms with E-state index in [2.05, 4.69) is 0 Å². The van der Waals surface area contributed by atoms with E-state index in [0.29, 0.717) is 23.9 Å². The van der Waals surface area contributed by atoms with Gasteiger partial charge in [0.1, 0.15) is 5.75 Å². The molecule has 2 aromatic rings. The molecule has 2 amide bonds. The van der Waals surface area contributed by atoms with E-state index in [4.69, 9.17) is 16.3 Å². The van der Waals surface area contributed by atoms with Crippen LogP contribution >= 0.6 is 11.6 Å². The van der Waals surface area contributed by atoms with Crippen LogP contribution in [0, 0.1) is 5.92 Å². The molecule has 0 spiro atoms. The minimum Gasteiger partial charge on any atom is -0.497 e. The number of ether oxygens (including phenoxy) is 1. The van der Waals surface area contributed by atoms with E-state index in [0.717, 1.165) is 49.2 Å². The third-order valence-corrected chi connectivity index (χ3v) is 6.87. The predicted octanol–water partition coefficient (Wildman–Crippen LogP) is 4.44. The summed E-state index contributed by atoms with van der Waals surface area (Å²) in [5.74, 6) is 1.29. The van der Waals surface area contributed by atoms with Crippen molar-refractivity contribution in [1.29, 1.82) is 0 Å². The first-order valence-corrected chi connectivity index (χ1v) is 11.6. The lowest BCUT2D eigenvalue weighted by Gasteiger charge is -2.47. The molecule has 0 unspecified atom stereocenters. The van der Waals surface area contributed by atoms with Gasteiger partial charge >= 0.3 is 0 Å². The highest BCUT2D eigenvalue weighted by Crippen LogP contribution is 2.31. The van der Waals surface area contributed by atoms with Gasteiger partial charge in [0, 0.05) is 36.8 Å². The smallest absolute Gasteiger partial charge is 0.246 e. The number of amides is 2. The monoisotopic (exact) mass is 452 g/mol. The summed E-state index contributed by atoms with van der Waals surface area (Å²) in [6.07, 6.45) is 6.66. The summed E-state index contributed by atoms with van der Waals surface area (Å²) in [6.45, 7) is 2.18. The number of methoxy groups -OCH3 is 1. The van der Waals surface area contributed by atoms with Gasteiger partial charge in [-0.1, -0.05) is 41.9 Å². The first-order valence-electron chi connectivity index (χ1n) is 11.2. The van der Waals surface area contributed by atoms with Crippen molar-refractivity contribution in [3.63, 3.8) is 0 Å². The van der Waals surface area contributed by atoms with Crippen LogP contribution in [-0.4, -0.2) is 54.4 Å². The molecule has 0 aromatic heterocycles. The molecule has 2 atom stereocenters. The molecule has 6 heteroatoms. The van der Waals surface area contributed by atoms with Gasteiger partial charge in [-0.3, -0.25) is 9.59 Å². The van der Waals surface area contributed by atoms with Crippen LogP contribution in [0.1, 0.15) is 30.4 Å². The quantitative estimate of drug-likeness (QED) is 0.630. The summed E-state index contributed by atoms with van der Waals surface area (Å²) in [5.41, 5.74) is 1.83. The van der Waals surface area contributed by atoms with Crippen LogP contribution in [0.25, 0.3) is 6.08 Å². The summed E-state index contributed by atoms with van der Waals surface area (Å²) < 4.78 is 5.19. The van der Waals surface area contributed by atoms with Crippen LogP contribution in [0.15, 0.2) is 54.6 Å². The number of nitrogens with zero attached hydrogens (tertiary/aromatic N) is 2. The van der Waals surface area contributed by atoms with E-state index >= 15 is 0 Å². The Morgan fingerprint density at radius 3 is 2.62 bits per heavy atom. The van der Waals surface area contributed by atoms with Crippen LogP contribution in [-0.2, 0) is 16.0 Å². The normalized spacial score (nSPS) is 20.8. The molecule has 2 fully saturated rings. The minimum absolute atomic E-state index is 0.0256. The number of carbonyl (C=O) groups is 2. The lowest BCUT2D eigenvalue weighted by molar-refractivity contribution is -0.138. The molecular weight excluding hydrogens is 424 g/mol. The third-order valence-electron chi connectivity index (χ3n) is 6.53. The molecule has 0 N–H and O–H groups in total. The maximum atomic E-state index is 13.0. The van der Waals surface area contributed by atoms with E-state index < -0.39 is 0 Å². The van der Waals surface area contributed by atoms with Crippen LogP contribution in [0.4, 0.5) is 0 Å². The number of carbonyl (C=O) groups excluding carboxylic acids is 2. The van der Waals surface area contributed by atoms with Gasteiger partial charge in [0.2, 0.25) is 11.8 Å². The molecule has 32 heavy (non-hydrogen) atoms. The van der Waals surface area contributed by atoms with Crippen molar-refractivity contribution < 1.29 is 14.3 Å². The zero-order chi connectivity index (χ0) is 22.5. The highest BCUT2D eigenvalue weighted by molar-refractivity contribution is 6.32. The number of hydrogen-bond acceptors (Lipinski definition) is 3. The standard InChI is InChI=1S/C26H29ClN2O3/c1-32-22-11-8-19(9-12-22)17-26(31)28-16-14-24-21(18-28)6-4-15-29(24)25(30)13-10-20-5-2-3-7-23(20)27/h2-3,5,7-13,21,24H,4,6,14-18H2,1H3/t21-,24+/m1/s1. The predicted molar refractivity (Wildman–Crippen MR) is 127 cm³/mol. The molecule has 2 saturated heterocycles. The van der Waals surface area contributed by atoms with Crippen molar-refractivity contribution in [3.8, 4) is 5.75 Å². The van der Waals surface area contributed by atoms with Crippen molar-refractivity contribution in [2.24, 2.45) is 5.92 Å². The molecule has 5 nitrogen and oxygen atoms in total. The summed E-state index contributed by atoms with van der Waals surface area (Å²) in [5, 5.41) is 0.636. The Morgan fingerprint density at radius 1 is 1.09 bits per heavy atom. The van der Waals surface area contributed by atoms with Crippen molar-refractivity contribution in [1.82, 2.24) is 9.80 Å². The van der Waals surface area contributed by atoms with Gasteiger partial charge in [-0.05, 0) is 60.6 Å². The average molecular weight is 453 g/mol. The molecule has 0 saturated carbocycles. The highest BCUT2D eigenvalue weighted by Gasteiger charge is 2.38. The van der Waals surface area contributed by atoms with E-state index in [9.17, 15) is 9.59 Å². The van der Waals surface area contributed by atoms with Gasteiger partial charge in [0.05, 0.1) is 13.5 Å². The lowest BCUT2D eigenvalue weighted by Crippen LogP contribution is -2.56. The van der Waals surface area contributed by atoms with Crippen molar-refractivity contribution in [3.05, 3.63) is 70.8 Å². The zero-order valence-electron chi connectivity index (χ0n) is 18.4. The Kier molecular flexibility index (Phi) is 7.15. The Balaban J connectivity index is 1.36. The van der Waals surface area contributed by atoms with E-state index in [1.165, 1.54) is 0 Å². The Labute approximate surface area is 194 Å². The number of rotatable bonds is 5. The van der Waals surface area contributed by atoms with Gasteiger partial charge in [-0.15, -0.1) is 0 Å². The maximum Gasteiger partial charge on any atom is 0.246 e. The van der Waals surface area contributed by atoms with Crippen LogP contribution in [0.3, 0.4) is 0 Å². The maximum absolute atomic E-state index is 13.0. The molecule has 2 aromatic carbocycles. The molecule has 2 heterocycles. The van der Waals surface area contributed by atoms with Crippen LogP contribution in [0.5, 0.6) is 5.75 Å². The molecule has 4 rings (SSSR count). The highest BCUT2D eigenvalue weighted by atomic mass is 35.5. The second-order valence-electron chi connectivity index (χ2n) is 8.51. The first kappa shape index (κ1) is 22.4. The van der Waals surface area contributed by atoms with Crippen molar-refractivity contribution in [2.45, 2.75) is 31.7 Å². The summed E-state index contributed by atoms with van der Waals surface area (Å²) in [6, 6.07) is 15.3. The number of likely N-dealkylation sites (tertiary alicyclic amines) is 2. The average Bonchev–Trinajstić information content (AvgIpc) is 2.83. The molecule has 0 bridgehead atoms. The van der Waals surface area contributed by atoms with Crippen LogP contribution < -0.4 is 4.74 Å². The summed E-state index contributed by atoms with van der Waals surface area (Å²) >= 11 is 6.20. The van der Waals surface area contributed by atoms with E-state index in [1.54, 1.807) is 19.3 Å². The van der Waals surface area contributed by atoms with Gasteiger partial charge in [-0.25, -0.2) is 0 Å². The SMILES string of the molecule is COc1ccc(CC(=O)N2CC[C@H]3[C@H](CCCN3C(=O)C=Cc3ccccc3Cl)C2)cc1. The van der Waals surface area contributed by atoms with Gasteiger partial charge < -0.3 is 14.5 Å². The fraction of sp³-hybridized carbons (Fsp3) is 0.385. The summed E-state index contributed by atoms with van der Waals surface area (Å²) in [4.78, 5) is 29.8. The number of halogens is 1. The van der Waals surface area contributed by atoms with Crippen molar-refractivity contribution >= 4 is 29.5 Å². The largest absolute Gasteiger partial charge is 0.497 e. The van der Waals surface area contributed by atoms with E-state index in [1.807, 2.05) is 58.3 Å². The summed E-state index contributed by atoms with van der Waals surface area (Å²) in [7, 11) is 1.63. The van der Waals surface area contributed by atoms with E-state index in [-0.39, 0.29) is 17.9 Å². The molecule has 0 radical (unpaired) electrons. The molecule has 0 aliphatic carbocycles. The third kappa shape index (κ3) is 5.16. The number of piperidine rings is 2.